The molecule has 2 aliphatic heterocycles. The molecule has 7 heteroatoms. The highest BCUT2D eigenvalue weighted by Crippen LogP contribution is 2.24. The Hall–Kier alpha value is -2.67. The summed E-state index contributed by atoms with van der Waals surface area (Å²) in [6, 6.07) is 12.5. The molecule has 0 saturated carbocycles. The Kier molecular flexibility index (Phi) is 7.02. The normalized spacial score (nSPS) is 20.5. The quantitative estimate of drug-likeness (QED) is 0.771. The third-order valence-corrected chi connectivity index (χ3v) is 6.51. The summed E-state index contributed by atoms with van der Waals surface area (Å²) in [7, 11) is 1.65. The monoisotopic (exact) mass is 423 g/mol. The zero-order valence-corrected chi connectivity index (χ0v) is 18.4. The number of anilines is 1. The average Bonchev–Trinajstić information content (AvgIpc) is 2.78. The first-order valence-corrected chi connectivity index (χ1v) is 11.4. The molecule has 1 aromatic heterocycles. The fraction of sp³-hybridized carbons (Fsp3) is 0.542. The van der Waals surface area contributed by atoms with Crippen molar-refractivity contribution in [1.29, 1.82) is 0 Å². The number of piperidine rings is 2. The number of nitrogens with one attached hydrogen (secondary N) is 1. The summed E-state index contributed by atoms with van der Waals surface area (Å²) < 4.78 is 1.34. The number of likely N-dealkylation sites (tertiary alicyclic amines) is 1. The van der Waals surface area contributed by atoms with E-state index in [1.54, 1.807) is 19.3 Å². The number of amides is 1. The van der Waals surface area contributed by atoms with Gasteiger partial charge in [0.15, 0.2) is 0 Å². The van der Waals surface area contributed by atoms with Gasteiger partial charge in [-0.3, -0.25) is 14.5 Å². The third-order valence-electron chi connectivity index (χ3n) is 6.51. The second kappa shape index (κ2) is 10.1. The summed E-state index contributed by atoms with van der Waals surface area (Å²) in [5.41, 5.74) is 2.10. The van der Waals surface area contributed by atoms with Crippen LogP contribution in [0.15, 0.2) is 47.4 Å². The summed E-state index contributed by atoms with van der Waals surface area (Å²) in [6.07, 6.45) is 6.40. The average molecular weight is 424 g/mol. The number of hydrogen-bond donors (Lipinski definition) is 1. The van der Waals surface area contributed by atoms with Crippen LogP contribution in [-0.2, 0) is 18.4 Å². The molecule has 0 radical (unpaired) electrons. The predicted octanol–water partition coefficient (Wildman–Crippen LogP) is 2.17. The second-order valence-corrected chi connectivity index (χ2v) is 8.94. The number of carbonyl (C=O) groups excluding carboxylic acids is 1. The van der Waals surface area contributed by atoms with Gasteiger partial charge in [-0.05, 0) is 37.2 Å². The van der Waals surface area contributed by atoms with Crippen LogP contribution in [0.1, 0.15) is 37.7 Å². The first-order chi connectivity index (χ1) is 15.1. The number of nitrogens with zero attached hydrogens (tertiary/aromatic N) is 4. The molecule has 1 atom stereocenters. The molecule has 2 aliphatic rings. The molecule has 0 spiro atoms. The molecular weight excluding hydrogens is 390 g/mol. The van der Waals surface area contributed by atoms with E-state index < -0.39 is 0 Å². The van der Waals surface area contributed by atoms with Crippen LogP contribution in [-0.4, -0.2) is 52.8 Å². The van der Waals surface area contributed by atoms with Crippen LogP contribution in [0.4, 0.5) is 5.69 Å². The van der Waals surface area contributed by atoms with Crippen molar-refractivity contribution in [3.05, 3.63) is 58.5 Å². The van der Waals surface area contributed by atoms with Gasteiger partial charge in [-0.2, -0.15) is 5.10 Å². The molecule has 2 fully saturated rings. The minimum Gasteiger partial charge on any atom is -0.370 e. The first-order valence-electron chi connectivity index (χ1n) is 11.4. The maximum atomic E-state index is 12.7. The molecule has 1 aromatic carbocycles. The number of aromatic nitrogens is 2. The van der Waals surface area contributed by atoms with Gasteiger partial charge in [0.1, 0.15) is 0 Å². The molecule has 1 N–H and O–H groups in total. The van der Waals surface area contributed by atoms with Gasteiger partial charge in [-0.1, -0.05) is 30.3 Å². The molecule has 31 heavy (non-hydrogen) atoms. The van der Waals surface area contributed by atoms with Gasteiger partial charge in [0, 0.05) is 58.3 Å². The van der Waals surface area contributed by atoms with Gasteiger partial charge >= 0.3 is 0 Å². The van der Waals surface area contributed by atoms with Crippen LogP contribution >= 0.6 is 0 Å². The van der Waals surface area contributed by atoms with E-state index in [1.807, 2.05) is 0 Å². The largest absolute Gasteiger partial charge is 0.370 e. The van der Waals surface area contributed by atoms with Crippen LogP contribution in [0.5, 0.6) is 0 Å². The van der Waals surface area contributed by atoms with Crippen LogP contribution in [0.3, 0.4) is 0 Å². The van der Waals surface area contributed by atoms with E-state index in [-0.39, 0.29) is 17.5 Å². The van der Waals surface area contributed by atoms with E-state index >= 15 is 0 Å². The first kappa shape index (κ1) is 21.6. The van der Waals surface area contributed by atoms with Crippen LogP contribution in [0.2, 0.25) is 0 Å². The summed E-state index contributed by atoms with van der Waals surface area (Å²) >= 11 is 0. The van der Waals surface area contributed by atoms with E-state index in [2.05, 4.69) is 50.5 Å². The minimum absolute atomic E-state index is 0.101. The summed E-state index contributed by atoms with van der Waals surface area (Å²) in [4.78, 5) is 29.2. The summed E-state index contributed by atoms with van der Waals surface area (Å²) in [5.74, 6) is 0.478. The standard InChI is InChI=1S/C24H33N5O2/c1-27-24(31)15-22(16-25-27)29-11-5-8-20(18-29)14-23(30)26-21-9-12-28(13-10-21)17-19-6-3-2-4-7-19/h2-4,6-7,15-16,20-21H,5,8-14,17-18H2,1H3,(H,26,30). The molecule has 2 aromatic rings. The third kappa shape index (κ3) is 5.94. The highest BCUT2D eigenvalue weighted by molar-refractivity contribution is 5.76. The highest BCUT2D eigenvalue weighted by atomic mass is 16.1. The van der Waals surface area contributed by atoms with E-state index in [9.17, 15) is 9.59 Å². The van der Waals surface area contributed by atoms with Crippen molar-refractivity contribution in [2.24, 2.45) is 13.0 Å². The van der Waals surface area contributed by atoms with Gasteiger partial charge in [0.2, 0.25) is 5.91 Å². The van der Waals surface area contributed by atoms with Crippen molar-refractivity contribution in [1.82, 2.24) is 20.0 Å². The fourth-order valence-corrected chi connectivity index (χ4v) is 4.72. The summed E-state index contributed by atoms with van der Waals surface area (Å²) in [6.45, 7) is 4.74. The number of aryl methyl sites for hydroxylation is 1. The molecule has 7 nitrogen and oxygen atoms in total. The lowest BCUT2D eigenvalue weighted by Gasteiger charge is -2.35. The van der Waals surface area contributed by atoms with E-state index in [4.69, 9.17) is 0 Å². The van der Waals surface area contributed by atoms with Crippen molar-refractivity contribution >= 4 is 11.6 Å². The van der Waals surface area contributed by atoms with Gasteiger partial charge in [-0.25, -0.2) is 4.68 Å². The van der Waals surface area contributed by atoms with Crippen molar-refractivity contribution in [3.8, 4) is 0 Å². The van der Waals surface area contributed by atoms with Crippen LogP contribution in [0, 0.1) is 5.92 Å². The van der Waals surface area contributed by atoms with Gasteiger partial charge in [-0.15, -0.1) is 0 Å². The van der Waals surface area contributed by atoms with E-state index in [0.717, 1.165) is 64.1 Å². The maximum absolute atomic E-state index is 12.7. The minimum atomic E-state index is -0.101. The van der Waals surface area contributed by atoms with Gasteiger partial charge in [0.25, 0.3) is 5.56 Å². The molecule has 4 rings (SSSR count). The Morgan fingerprint density at radius 2 is 1.90 bits per heavy atom. The Morgan fingerprint density at radius 3 is 2.65 bits per heavy atom. The van der Waals surface area contributed by atoms with Gasteiger partial charge in [0.05, 0.1) is 11.9 Å². The molecule has 3 heterocycles. The van der Waals surface area contributed by atoms with Crippen molar-refractivity contribution < 1.29 is 4.79 Å². The molecule has 1 amide bonds. The second-order valence-electron chi connectivity index (χ2n) is 8.94. The molecule has 0 aliphatic carbocycles. The lowest BCUT2D eigenvalue weighted by atomic mass is 9.93. The Labute approximate surface area is 184 Å². The molecule has 2 saturated heterocycles. The SMILES string of the molecule is Cn1ncc(N2CCCC(CC(=O)NC3CCN(Cc4ccccc4)CC3)C2)cc1=O. The Bertz CT molecular complexity index is 921. The molecule has 166 valence electrons. The van der Waals surface area contributed by atoms with Gasteiger partial charge < -0.3 is 10.2 Å². The lowest BCUT2D eigenvalue weighted by Crippen LogP contribution is -2.45. The zero-order valence-electron chi connectivity index (χ0n) is 18.4. The Balaban J connectivity index is 1.21. The van der Waals surface area contributed by atoms with E-state index in [1.165, 1.54) is 10.2 Å². The number of benzene rings is 1. The highest BCUT2D eigenvalue weighted by Gasteiger charge is 2.25. The van der Waals surface area contributed by atoms with E-state index in [0.29, 0.717) is 12.3 Å². The Morgan fingerprint density at radius 1 is 1.13 bits per heavy atom. The maximum Gasteiger partial charge on any atom is 0.268 e. The van der Waals surface area contributed by atoms with Crippen LogP contribution in [0.25, 0.3) is 0 Å². The van der Waals surface area contributed by atoms with Crippen LogP contribution < -0.4 is 15.8 Å². The smallest absolute Gasteiger partial charge is 0.268 e. The van der Waals surface area contributed by atoms with Crippen molar-refractivity contribution in [2.45, 2.75) is 44.7 Å². The number of rotatable bonds is 6. The number of hydrogen-bond acceptors (Lipinski definition) is 5. The van der Waals surface area contributed by atoms with Crippen molar-refractivity contribution in [3.63, 3.8) is 0 Å². The zero-order chi connectivity index (χ0) is 21.6. The molecule has 0 bridgehead atoms. The molecular formula is C24H33N5O2. The summed E-state index contributed by atoms with van der Waals surface area (Å²) in [5, 5.41) is 7.40. The molecule has 1 unspecified atom stereocenters. The number of carbonyl (C=O) groups is 1. The fourth-order valence-electron chi connectivity index (χ4n) is 4.72. The van der Waals surface area contributed by atoms with Crippen molar-refractivity contribution in [2.75, 3.05) is 31.1 Å². The topological polar surface area (TPSA) is 70.5 Å². The lowest BCUT2D eigenvalue weighted by molar-refractivity contribution is -0.123. The predicted molar refractivity (Wildman–Crippen MR) is 122 cm³/mol.